The number of carbonyl (C=O) groups excluding carboxylic acids is 4. The predicted molar refractivity (Wildman–Crippen MR) is 183 cm³/mol. The first-order chi connectivity index (χ1) is 23.3. The number of aromatic hydroxyl groups is 1. The van der Waals surface area contributed by atoms with E-state index in [9.17, 15) is 23.9 Å². The molecule has 8 nitrogen and oxygen atoms in total. The van der Waals surface area contributed by atoms with Gasteiger partial charge in [0.25, 0.3) is 11.8 Å². The van der Waals surface area contributed by atoms with E-state index in [1.54, 1.807) is 48.5 Å². The normalized spacial score (nSPS) is 27.9. The Kier molecular flexibility index (Phi) is 7.82. The molecule has 0 aromatic heterocycles. The smallest absolute Gasteiger partial charge is 0.260 e. The number of hydrogen-bond acceptors (Lipinski definition) is 6. The third-order valence-electron chi connectivity index (χ3n) is 10.8. The number of nitrogens with one attached hydrogen (secondary N) is 1. The molecule has 6 atom stereocenters. The third-order valence-corrected chi connectivity index (χ3v) is 11.0. The zero-order valence-corrected chi connectivity index (χ0v) is 28.2. The molecule has 4 aliphatic rings. The number of para-hydroxylation sites is 1. The van der Waals surface area contributed by atoms with Crippen LogP contribution < -0.4 is 5.43 Å². The molecule has 0 bridgehead atoms. The fourth-order valence-electron chi connectivity index (χ4n) is 8.83. The highest BCUT2D eigenvalue weighted by Gasteiger charge is 2.71. The van der Waals surface area contributed by atoms with Crippen molar-refractivity contribution >= 4 is 40.9 Å². The number of phenolic OH excluding ortho intramolecular Hbond substituents is 1. The van der Waals surface area contributed by atoms with Crippen molar-refractivity contribution in [3.63, 3.8) is 0 Å². The van der Waals surface area contributed by atoms with Crippen LogP contribution in [0.1, 0.15) is 56.2 Å². The summed E-state index contributed by atoms with van der Waals surface area (Å²) >= 11 is 6.35. The Morgan fingerprint density at radius 2 is 1.67 bits per heavy atom. The molecule has 49 heavy (non-hydrogen) atoms. The number of benzene rings is 3. The summed E-state index contributed by atoms with van der Waals surface area (Å²) < 4.78 is 13.8. The van der Waals surface area contributed by atoms with Crippen LogP contribution >= 0.6 is 11.6 Å². The van der Waals surface area contributed by atoms with Crippen LogP contribution in [0.2, 0.25) is 5.02 Å². The minimum absolute atomic E-state index is 0.0292. The van der Waals surface area contributed by atoms with Crippen molar-refractivity contribution in [3.8, 4) is 5.75 Å². The zero-order valence-electron chi connectivity index (χ0n) is 27.5. The molecular formula is C39H37ClFN3O5. The average molecular weight is 682 g/mol. The number of fused-ring (bicyclic) bond motifs is 4. The number of allylic oxidation sites excluding steroid dienone is 3. The Bertz CT molecular complexity index is 1930. The van der Waals surface area contributed by atoms with E-state index in [0.717, 1.165) is 10.6 Å². The molecule has 6 unspecified atom stereocenters. The first-order valence-corrected chi connectivity index (χ1v) is 16.8. The molecule has 0 radical (unpaired) electrons. The molecule has 2 heterocycles. The van der Waals surface area contributed by atoms with Gasteiger partial charge in [0.15, 0.2) is 0 Å². The maximum Gasteiger partial charge on any atom is 0.260 e. The molecule has 3 aromatic rings. The van der Waals surface area contributed by atoms with Gasteiger partial charge >= 0.3 is 0 Å². The fraction of sp³-hybridized carbons (Fsp3) is 0.333. The summed E-state index contributed by atoms with van der Waals surface area (Å²) in [6, 6.07) is 17.5. The minimum Gasteiger partial charge on any atom is -0.507 e. The second-order valence-corrected chi connectivity index (χ2v) is 14.8. The topological polar surface area (TPSA) is 107 Å². The first kappa shape index (κ1) is 32.8. The van der Waals surface area contributed by atoms with Gasteiger partial charge < -0.3 is 5.11 Å². The van der Waals surface area contributed by atoms with E-state index in [1.807, 2.05) is 26.8 Å². The van der Waals surface area contributed by atoms with Crippen LogP contribution in [0.5, 0.6) is 5.75 Å². The van der Waals surface area contributed by atoms with Gasteiger partial charge in [-0.25, -0.2) is 4.39 Å². The Balaban J connectivity index is 1.48. The van der Waals surface area contributed by atoms with Gasteiger partial charge in [-0.3, -0.25) is 29.5 Å². The summed E-state index contributed by atoms with van der Waals surface area (Å²) in [6.07, 6.45) is 4.37. The Hall–Kier alpha value is -4.76. The second kappa shape index (κ2) is 11.7. The van der Waals surface area contributed by atoms with E-state index >= 15 is 4.79 Å². The molecule has 4 amide bonds. The summed E-state index contributed by atoms with van der Waals surface area (Å²) in [5.41, 5.74) is 3.22. The molecule has 2 aliphatic heterocycles. The van der Waals surface area contributed by atoms with E-state index in [0.29, 0.717) is 33.8 Å². The van der Waals surface area contributed by atoms with Gasteiger partial charge in [0.1, 0.15) is 11.6 Å². The molecule has 7 rings (SSSR count). The predicted octanol–water partition coefficient (Wildman–Crippen LogP) is 6.70. The lowest BCUT2D eigenvalue weighted by molar-refractivity contribution is -0.146. The highest BCUT2D eigenvalue weighted by atomic mass is 35.5. The number of phenols is 1. The van der Waals surface area contributed by atoms with Crippen molar-refractivity contribution in [1.82, 2.24) is 9.91 Å². The van der Waals surface area contributed by atoms with E-state index < -0.39 is 58.2 Å². The Labute approximate surface area is 289 Å². The molecule has 1 saturated carbocycles. The lowest BCUT2D eigenvalue weighted by atomic mass is 9.49. The summed E-state index contributed by atoms with van der Waals surface area (Å²) in [5, 5.41) is 13.3. The van der Waals surface area contributed by atoms with Crippen molar-refractivity contribution in [2.45, 2.75) is 56.9 Å². The number of likely N-dealkylation sites (tertiary alicyclic amines) is 1. The van der Waals surface area contributed by atoms with E-state index in [1.165, 1.54) is 29.2 Å². The van der Waals surface area contributed by atoms with Crippen LogP contribution in [0.3, 0.4) is 0 Å². The maximum absolute atomic E-state index is 15.2. The van der Waals surface area contributed by atoms with Gasteiger partial charge in [-0.05, 0) is 93.5 Å². The highest BCUT2D eigenvalue weighted by molar-refractivity contribution is 6.30. The van der Waals surface area contributed by atoms with Crippen LogP contribution in [0.15, 0.2) is 91.0 Å². The van der Waals surface area contributed by atoms with Crippen LogP contribution in [-0.2, 0) is 31.0 Å². The van der Waals surface area contributed by atoms with Crippen molar-refractivity contribution in [1.29, 1.82) is 0 Å². The summed E-state index contributed by atoms with van der Waals surface area (Å²) in [7, 11) is 0. The number of hydrazine groups is 1. The van der Waals surface area contributed by atoms with Gasteiger partial charge in [0, 0.05) is 22.0 Å². The number of anilines is 1. The SMILES string of the molecule is C=CCc1cccc(C2C3=CCC4C(=O)N(C(C)(C)C)C(=O)C4C3CC3C(=O)N(Nc4ccc(F)cc4)C(=O)C32c2ccc(Cl)cc2)c1O. The van der Waals surface area contributed by atoms with Gasteiger partial charge in [-0.1, -0.05) is 59.7 Å². The minimum atomic E-state index is -1.58. The van der Waals surface area contributed by atoms with Crippen LogP contribution in [0.4, 0.5) is 10.1 Å². The quantitative estimate of drug-likeness (QED) is 0.222. The number of carbonyl (C=O) groups is 4. The molecule has 2 aliphatic carbocycles. The molecule has 0 spiro atoms. The van der Waals surface area contributed by atoms with E-state index in [2.05, 4.69) is 12.0 Å². The molecule has 3 fully saturated rings. The Morgan fingerprint density at radius 1 is 0.980 bits per heavy atom. The first-order valence-electron chi connectivity index (χ1n) is 16.5. The van der Waals surface area contributed by atoms with Gasteiger partial charge in [-0.2, -0.15) is 5.01 Å². The van der Waals surface area contributed by atoms with Crippen molar-refractivity contribution in [2.24, 2.45) is 23.7 Å². The van der Waals surface area contributed by atoms with Crippen molar-refractivity contribution in [2.75, 3.05) is 5.43 Å². The van der Waals surface area contributed by atoms with Gasteiger partial charge in [0.05, 0.1) is 28.9 Å². The van der Waals surface area contributed by atoms with Crippen molar-refractivity contribution in [3.05, 3.63) is 119 Å². The lowest BCUT2D eigenvalue weighted by Crippen LogP contribution is -2.53. The summed E-state index contributed by atoms with van der Waals surface area (Å²) in [5.74, 6) is -5.94. The average Bonchev–Trinajstić information content (AvgIpc) is 3.45. The standard InChI is InChI=1S/C39H37ClFN3O5/c1-5-7-21-8-6-9-28(33(21)45)32-26-18-19-27-31(36(48)43(34(27)46)38(2,3)4)29(26)20-30-35(47)44(42-25-16-14-24(41)15-17-25)37(49)39(30,32)22-10-12-23(40)13-11-22/h5-6,8-18,27,29-32,42,45H,1,7,19-20H2,2-4H3. The number of halogens is 2. The molecule has 10 heteroatoms. The van der Waals surface area contributed by atoms with E-state index in [4.69, 9.17) is 11.6 Å². The number of imide groups is 2. The number of nitrogens with zero attached hydrogens (tertiary/aromatic N) is 2. The lowest BCUT2D eigenvalue weighted by Gasteiger charge is -2.50. The van der Waals surface area contributed by atoms with Gasteiger partial charge in [-0.15, -0.1) is 6.58 Å². The van der Waals surface area contributed by atoms with Crippen LogP contribution in [0.25, 0.3) is 0 Å². The largest absolute Gasteiger partial charge is 0.507 e. The fourth-order valence-corrected chi connectivity index (χ4v) is 8.95. The Morgan fingerprint density at radius 3 is 2.33 bits per heavy atom. The highest BCUT2D eigenvalue weighted by Crippen LogP contribution is 2.65. The molecule has 2 saturated heterocycles. The maximum atomic E-state index is 15.2. The molecule has 2 N–H and O–H groups in total. The molecular weight excluding hydrogens is 645 g/mol. The summed E-state index contributed by atoms with van der Waals surface area (Å²) in [6.45, 7) is 9.31. The molecule has 252 valence electrons. The number of rotatable bonds is 6. The van der Waals surface area contributed by atoms with Crippen LogP contribution in [-0.4, -0.2) is 44.2 Å². The number of hydrogen-bond donors (Lipinski definition) is 2. The van der Waals surface area contributed by atoms with Crippen LogP contribution in [0, 0.1) is 29.5 Å². The third kappa shape index (κ3) is 4.84. The van der Waals surface area contributed by atoms with Gasteiger partial charge in [0.2, 0.25) is 11.8 Å². The second-order valence-electron chi connectivity index (χ2n) is 14.4. The molecule has 3 aromatic carbocycles. The monoisotopic (exact) mass is 681 g/mol. The van der Waals surface area contributed by atoms with Crippen molar-refractivity contribution < 1.29 is 28.7 Å². The number of amides is 4. The summed E-state index contributed by atoms with van der Waals surface area (Å²) in [4.78, 5) is 59.3. The zero-order chi connectivity index (χ0) is 35.0. The van der Waals surface area contributed by atoms with E-state index in [-0.39, 0.29) is 30.4 Å².